The van der Waals surface area contributed by atoms with E-state index in [0.29, 0.717) is 0 Å². The van der Waals surface area contributed by atoms with Gasteiger partial charge in [-0.2, -0.15) is 0 Å². The summed E-state index contributed by atoms with van der Waals surface area (Å²) < 4.78 is 0. The summed E-state index contributed by atoms with van der Waals surface area (Å²) in [6, 6.07) is 1.68. The first-order valence-corrected chi connectivity index (χ1v) is 7.39. The highest BCUT2D eigenvalue weighted by molar-refractivity contribution is 4.90. The van der Waals surface area contributed by atoms with Gasteiger partial charge in [-0.3, -0.25) is 4.90 Å². The third kappa shape index (κ3) is 2.43. The first-order chi connectivity index (χ1) is 7.92. The van der Waals surface area contributed by atoms with Gasteiger partial charge in [0.25, 0.3) is 0 Å². The molecule has 2 nitrogen and oxygen atoms in total. The zero-order valence-corrected chi connectivity index (χ0v) is 10.5. The van der Waals surface area contributed by atoms with Gasteiger partial charge in [-0.1, -0.05) is 32.1 Å². The molecule has 0 aromatic carbocycles. The van der Waals surface area contributed by atoms with E-state index in [0.717, 1.165) is 18.0 Å². The summed E-state index contributed by atoms with van der Waals surface area (Å²) in [6.45, 7) is 3.96. The molecule has 1 aliphatic carbocycles. The molecule has 3 rings (SSSR count). The number of hydrogen-bond donors (Lipinski definition) is 1. The molecule has 2 saturated heterocycles. The van der Waals surface area contributed by atoms with E-state index in [1.54, 1.807) is 0 Å². The van der Waals surface area contributed by atoms with Crippen LogP contribution in [-0.4, -0.2) is 36.6 Å². The molecule has 2 heterocycles. The molecule has 16 heavy (non-hydrogen) atoms. The first kappa shape index (κ1) is 11.0. The highest BCUT2D eigenvalue weighted by Crippen LogP contribution is 2.29. The predicted molar refractivity (Wildman–Crippen MR) is 67.6 cm³/mol. The van der Waals surface area contributed by atoms with Crippen LogP contribution < -0.4 is 5.32 Å². The van der Waals surface area contributed by atoms with Crippen molar-refractivity contribution in [1.82, 2.24) is 10.2 Å². The van der Waals surface area contributed by atoms with Crippen molar-refractivity contribution in [3.63, 3.8) is 0 Å². The normalized spacial score (nSPS) is 37.5. The lowest BCUT2D eigenvalue weighted by Gasteiger charge is -2.38. The lowest BCUT2D eigenvalue weighted by Crippen LogP contribution is -2.54. The summed E-state index contributed by atoms with van der Waals surface area (Å²) in [5.74, 6) is 1.03. The van der Waals surface area contributed by atoms with E-state index >= 15 is 0 Å². The van der Waals surface area contributed by atoms with Crippen LogP contribution in [0.4, 0.5) is 0 Å². The summed E-state index contributed by atoms with van der Waals surface area (Å²) in [6.07, 6.45) is 11.8. The van der Waals surface area contributed by atoms with E-state index in [9.17, 15) is 0 Å². The maximum Gasteiger partial charge on any atom is 0.0221 e. The van der Waals surface area contributed by atoms with E-state index in [1.165, 1.54) is 71.0 Å². The molecule has 1 N–H and O–H groups in total. The number of rotatable bonds is 2. The van der Waals surface area contributed by atoms with Crippen LogP contribution in [0.1, 0.15) is 51.4 Å². The van der Waals surface area contributed by atoms with Crippen LogP contribution in [0.3, 0.4) is 0 Å². The maximum absolute atomic E-state index is 3.80. The van der Waals surface area contributed by atoms with Crippen molar-refractivity contribution >= 4 is 0 Å². The van der Waals surface area contributed by atoms with E-state index in [-0.39, 0.29) is 0 Å². The Bertz CT molecular complexity index is 223. The molecule has 0 radical (unpaired) electrons. The van der Waals surface area contributed by atoms with Crippen LogP contribution in [0.15, 0.2) is 0 Å². The number of piperazine rings is 1. The van der Waals surface area contributed by atoms with Crippen LogP contribution in [0.2, 0.25) is 0 Å². The SMILES string of the molecule is C1CCC(CC2CN3CCCC3CN2)CC1. The van der Waals surface area contributed by atoms with Gasteiger partial charge in [0.1, 0.15) is 0 Å². The van der Waals surface area contributed by atoms with Crippen LogP contribution in [-0.2, 0) is 0 Å². The Balaban J connectivity index is 1.48. The van der Waals surface area contributed by atoms with Crippen molar-refractivity contribution in [2.24, 2.45) is 5.92 Å². The molecule has 92 valence electrons. The summed E-state index contributed by atoms with van der Waals surface area (Å²) in [7, 11) is 0. The highest BCUT2D eigenvalue weighted by atomic mass is 15.2. The minimum Gasteiger partial charge on any atom is -0.311 e. The van der Waals surface area contributed by atoms with Gasteiger partial charge in [0, 0.05) is 25.2 Å². The molecule has 2 atom stereocenters. The minimum absolute atomic E-state index is 0.803. The number of hydrogen-bond acceptors (Lipinski definition) is 2. The predicted octanol–water partition coefficient (Wildman–Crippen LogP) is 2.39. The third-order valence-electron chi connectivity index (χ3n) is 4.94. The summed E-state index contributed by atoms with van der Waals surface area (Å²) in [5, 5.41) is 3.80. The maximum atomic E-state index is 3.80. The zero-order chi connectivity index (χ0) is 10.8. The number of fused-ring (bicyclic) bond motifs is 1. The summed E-state index contributed by atoms with van der Waals surface area (Å²) in [5.41, 5.74) is 0. The average molecular weight is 222 g/mol. The minimum atomic E-state index is 0.803. The molecule has 2 unspecified atom stereocenters. The van der Waals surface area contributed by atoms with Gasteiger partial charge in [0.2, 0.25) is 0 Å². The smallest absolute Gasteiger partial charge is 0.0221 e. The second-order valence-corrected chi connectivity index (χ2v) is 6.14. The Hall–Kier alpha value is -0.0800. The van der Waals surface area contributed by atoms with Crippen LogP contribution in [0.25, 0.3) is 0 Å². The van der Waals surface area contributed by atoms with Crippen LogP contribution in [0, 0.1) is 5.92 Å². The van der Waals surface area contributed by atoms with Gasteiger partial charge >= 0.3 is 0 Å². The largest absolute Gasteiger partial charge is 0.311 e. The van der Waals surface area contributed by atoms with Gasteiger partial charge in [0.15, 0.2) is 0 Å². The lowest BCUT2D eigenvalue weighted by atomic mass is 9.84. The Morgan fingerprint density at radius 2 is 1.88 bits per heavy atom. The molecule has 2 heteroatoms. The standard InChI is InChI=1S/C14H26N2/c1-2-5-12(6-3-1)9-13-11-16-8-4-7-14(16)10-15-13/h12-15H,1-11H2. The summed E-state index contributed by atoms with van der Waals surface area (Å²) in [4.78, 5) is 2.74. The molecule has 1 saturated carbocycles. The Labute approximate surface area is 99.8 Å². The van der Waals surface area contributed by atoms with E-state index in [2.05, 4.69) is 10.2 Å². The van der Waals surface area contributed by atoms with Crippen molar-refractivity contribution in [3.05, 3.63) is 0 Å². The van der Waals surface area contributed by atoms with E-state index < -0.39 is 0 Å². The number of nitrogens with one attached hydrogen (secondary N) is 1. The van der Waals surface area contributed by atoms with Crippen molar-refractivity contribution in [3.8, 4) is 0 Å². The fourth-order valence-corrected chi connectivity index (χ4v) is 4.00. The monoisotopic (exact) mass is 222 g/mol. The van der Waals surface area contributed by atoms with Crippen molar-refractivity contribution < 1.29 is 0 Å². The molecule has 2 aliphatic heterocycles. The van der Waals surface area contributed by atoms with Gasteiger partial charge in [0.05, 0.1) is 0 Å². The Morgan fingerprint density at radius 3 is 2.75 bits per heavy atom. The highest BCUT2D eigenvalue weighted by Gasteiger charge is 2.32. The Morgan fingerprint density at radius 1 is 1.00 bits per heavy atom. The third-order valence-corrected chi connectivity index (χ3v) is 4.94. The van der Waals surface area contributed by atoms with Crippen LogP contribution in [0.5, 0.6) is 0 Å². The zero-order valence-electron chi connectivity index (χ0n) is 10.5. The molecule has 3 fully saturated rings. The van der Waals surface area contributed by atoms with Crippen LogP contribution >= 0.6 is 0 Å². The van der Waals surface area contributed by atoms with Gasteiger partial charge < -0.3 is 5.32 Å². The van der Waals surface area contributed by atoms with Crippen molar-refractivity contribution in [1.29, 1.82) is 0 Å². The molecule has 3 aliphatic rings. The van der Waals surface area contributed by atoms with E-state index in [1.807, 2.05) is 0 Å². The quantitative estimate of drug-likeness (QED) is 0.772. The molecule has 0 spiro atoms. The average Bonchev–Trinajstić information content (AvgIpc) is 2.77. The molecular weight excluding hydrogens is 196 g/mol. The Kier molecular flexibility index (Phi) is 3.49. The number of nitrogens with zero attached hydrogens (tertiary/aromatic N) is 1. The first-order valence-electron chi connectivity index (χ1n) is 7.39. The molecule has 0 aromatic rings. The lowest BCUT2D eigenvalue weighted by molar-refractivity contribution is 0.152. The second kappa shape index (κ2) is 5.05. The summed E-state index contributed by atoms with van der Waals surface area (Å²) >= 11 is 0. The van der Waals surface area contributed by atoms with Crippen molar-refractivity contribution in [2.45, 2.75) is 63.5 Å². The van der Waals surface area contributed by atoms with Gasteiger partial charge in [-0.15, -0.1) is 0 Å². The molecule has 0 bridgehead atoms. The van der Waals surface area contributed by atoms with E-state index in [4.69, 9.17) is 0 Å². The fourth-order valence-electron chi connectivity index (χ4n) is 4.00. The van der Waals surface area contributed by atoms with Gasteiger partial charge in [-0.25, -0.2) is 0 Å². The molecular formula is C14H26N2. The molecule has 0 aromatic heterocycles. The molecule has 0 amide bonds. The van der Waals surface area contributed by atoms with Gasteiger partial charge in [-0.05, 0) is 31.7 Å². The second-order valence-electron chi connectivity index (χ2n) is 6.14. The van der Waals surface area contributed by atoms with Crippen molar-refractivity contribution in [2.75, 3.05) is 19.6 Å². The topological polar surface area (TPSA) is 15.3 Å². The fraction of sp³-hybridized carbons (Fsp3) is 1.00.